The van der Waals surface area contributed by atoms with E-state index >= 15 is 0 Å². The van der Waals surface area contributed by atoms with Crippen LogP contribution in [0, 0.1) is 11.2 Å². The Labute approximate surface area is 136 Å². The second kappa shape index (κ2) is 7.57. The van der Waals surface area contributed by atoms with Crippen LogP contribution < -0.4 is 5.32 Å². The predicted molar refractivity (Wildman–Crippen MR) is 85.6 cm³/mol. The van der Waals surface area contributed by atoms with E-state index in [1.165, 1.54) is 24.3 Å². The number of benzene rings is 1. The summed E-state index contributed by atoms with van der Waals surface area (Å²) in [4.78, 5) is 24.0. The molecule has 1 aromatic rings. The van der Waals surface area contributed by atoms with Crippen LogP contribution in [0.15, 0.2) is 24.3 Å². The van der Waals surface area contributed by atoms with Crippen LogP contribution in [0.25, 0.3) is 0 Å². The van der Waals surface area contributed by atoms with E-state index in [2.05, 4.69) is 5.32 Å². The molecule has 5 heteroatoms. The number of carboxylic acids is 1. The molecule has 2 N–H and O–H groups in total. The minimum absolute atomic E-state index is 0.0232. The SMILES string of the molecule is CC1(C(=O)NCC(C(=O)O)c2ccc(F)cc2)CCCCCC1. The Hall–Kier alpha value is -1.91. The van der Waals surface area contributed by atoms with E-state index in [0.29, 0.717) is 5.56 Å². The van der Waals surface area contributed by atoms with E-state index in [0.717, 1.165) is 38.5 Å². The Morgan fingerprint density at radius 3 is 2.26 bits per heavy atom. The number of carbonyl (C=O) groups excluding carboxylic acids is 1. The van der Waals surface area contributed by atoms with Crippen LogP contribution in [0.3, 0.4) is 0 Å². The van der Waals surface area contributed by atoms with Crippen LogP contribution in [-0.4, -0.2) is 23.5 Å². The number of rotatable bonds is 5. The summed E-state index contributed by atoms with van der Waals surface area (Å²) in [5.41, 5.74) is 0.0766. The van der Waals surface area contributed by atoms with Crippen LogP contribution in [-0.2, 0) is 9.59 Å². The summed E-state index contributed by atoms with van der Waals surface area (Å²) in [7, 11) is 0. The Balaban J connectivity index is 2.02. The molecule has 2 rings (SSSR count). The highest BCUT2D eigenvalue weighted by Crippen LogP contribution is 2.34. The molecule has 0 spiro atoms. The largest absolute Gasteiger partial charge is 0.481 e. The molecule has 1 aliphatic carbocycles. The Bertz CT molecular complexity index is 548. The van der Waals surface area contributed by atoms with Crippen molar-refractivity contribution in [1.29, 1.82) is 0 Å². The van der Waals surface area contributed by atoms with Gasteiger partial charge in [-0.2, -0.15) is 0 Å². The number of hydrogen-bond donors (Lipinski definition) is 2. The van der Waals surface area contributed by atoms with E-state index < -0.39 is 23.1 Å². The zero-order valence-electron chi connectivity index (χ0n) is 13.5. The fourth-order valence-electron chi connectivity index (χ4n) is 3.19. The summed E-state index contributed by atoms with van der Waals surface area (Å²) < 4.78 is 13.0. The standard InChI is InChI=1S/C18H24FNO3/c1-18(10-4-2-3-5-11-18)17(23)20-12-15(16(21)22)13-6-8-14(19)9-7-13/h6-9,15H,2-5,10-12H2,1H3,(H,20,23)(H,21,22). The quantitative estimate of drug-likeness (QED) is 0.816. The van der Waals surface area contributed by atoms with Crippen LogP contribution in [0.5, 0.6) is 0 Å². The summed E-state index contributed by atoms with van der Waals surface area (Å²) >= 11 is 0. The topological polar surface area (TPSA) is 66.4 Å². The molecule has 1 unspecified atom stereocenters. The molecule has 1 amide bonds. The van der Waals surface area contributed by atoms with Gasteiger partial charge in [0.2, 0.25) is 5.91 Å². The summed E-state index contributed by atoms with van der Waals surface area (Å²) in [6.45, 7) is 1.98. The van der Waals surface area contributed by atoms with Gasteiger partial charge in [-0.15, -0.1) is 0 Å². The van der Waals surface area contributed by atoms with E-state index in [-0.39, 0.29) is 12.5 Å². The van der Waals surface area contributed by atoms with E-state index in [9.17, 15) is 19.1 Å². The number of amides is 1. The zero-order valence-corrected chi connectivity index (χ0v) is 13.5. The molecule has 0 radical (unpaired) electrons. The van der Waals surface area contributed by atoms with Crippen LogP contribution >= 0.6 is 0 Å². The van der Waals surface area contributed by atoms with Gasteiger partial charge in [-0.3, -0.25) is 9.59 Å². The highest BCUT2D eigenvalue weighted by atomic mass is 19.1. The lowest BCUT2D eigenvalue weighted by atomic mass is 9.81. The molecule has 1 aromatic carbocycles. The zero-order chi connectivity index (χ0) is 16.9. The second-order valence-corrected chi connectivity index (χ2v) is 6.63. The van der Waals surface area contributed by atoms with Crippen LogP contribution in [0.1, 0.15) is 56.9 Å². The van der Waals surface area contributed by atoms with Gasteiger partial charge in [-0.25, -0.2) is 4.39 Å². The Morgan fingerprint density at radius 2 is 1.74 bits per heavy atom. The van der Waals surface area contributed by atoms with Crippen molar-refractivity contribution in [1.82, 2.24) is 5.32 Å². The monoisotopic (exact) mass is 321 g/mol. The van der Waals surface area contributed by atoms with E-state index in [1.54, 1.807) is 0 Å². The Morgan fingerprint density at radius 1 is 1.17 bits per heavy atom. The number of halogens is 1. The molecule has 4 nitrogen and oxygen atoms in total. The van der Waals surface area contributed by atoms with Crippen molar-refractivity contribution in [3.63, 3.8) is 0 Å². The lowest BCUT2D eigenvalue weighted by molar-refractivity contribution is -0.139. The Kier molecular flexibility index (Phi) is 5.74. The van der Waals surface area contributed by atoms with Crippen molar-refractivity contribution >= 4 is 11.9 Å². The average Bonchev–Trinajstić information content (AvgIpc) is 2.74. The third-order valence-corrected chi connectivity index (χ3v) is 4.79. The lowest BCUT2D eigenvalue weighted by Gasteiger charge is -2.27. The number of carboxylic acid groups (broad SMARTS) is 1. The second-order valence-electron chi connectivity index (χ2n) is 6.63. The first kappa shape index (κ1) is 17.4. The van der Waals surface area contributed by atoms with Gasteiger partial charge in [0.15, 0.2) is 0 Å². The van der Waals surface area contributed by atoms with Crippen molar-refractivity contribution in [3.8, 4) is 0 Å². The molecule has 23 heavy (non-hydrogen) atoms. The molecule has 0 saturated heterocycles. The van der Waals surface area contributed by atoms with Crippen molar-refractivity contribution in [2.45, 2.75) is 51.4 Å². The van der Waals surface area contributed by atoms with Gasteiger partial charge in [0.25, 0.3) is 0 Å². The number of carbonyl (C=O) groups is 2. The molecule has 126 valence electrons. The van der Waals surface area contributed by atoms with Gasteiger partial charge in [0.1, 0.15) is 5.82 Å². The summed E-state index contributed by atoms with van der Waals surface area (Å²) in [5, 5.41) is 12.2. The molecule has 1 saturated carbocycles. The summed E-state index contributed by atoms with van der Waals surface area (Å²) in [6.07, 6.45) is 6.04. The molecule has 1 fully saturated rings. The van der Waals surface area contributed by atoms with Gasteiger partial charge >= 0.3 is 5.97 Å². The van der Waals surface area contributed by atoms with Gasteiger partial charge < -0.3 is 10.4 Å². The first-order valence-corrected chi connectivity index (χ1v) is 8.19. The van der Waals surface area contributed by atoms with Gasteiger partial charge in [0, 0.05) is 12.0 Å². The first-order valence-electron chi connectivity index (χ1n) is 8.19. The fraction of sp³-hybridized carbons (Fsp3) is 0.556. The number of hydrogen-bond acceptors (Lipinski definition) is 2. The molecular formula is C18H24FNO3. The first-order chi connectivity index (χ1) is 10.9. The fourth-order valence-corrected chi connectivity index (χ4v) is 3.19. The molecule has 0 heterocycles. The molecule has 0 aromatic heterocycles. The maximum atomic E-state index is 13.0. The third-order valence-electron chi connectivity index (χ3n) is 4.79. The maximum Gasteiger partial charge on any atom is 0.312 e. The van der Waals surface area contributed by atoms with E-state index in [4.69, 9.17) is 0 Å². The lowest BCUT2D eigenvalue weighted by Crippen LogP contribution is -2.41. The molecule has 1 aliphatic rings. The summed E-state index contributed by atoms with van der Waals surface area (Å²) in [6, 6.07) is 5.38. The van der Waals surface area contributed by atoms with Crippen LogP contribution in [0.2, 0.25) is 0 Å². The average molecular weight is 321 g/mol. The molecule has 1 atom stereocenters. The highest BCUT2D eigenvalue weighted by molar-refractivity contribution is 5.83. The van der Waals surface area contributed by atoms with E-state index in [1.807, 2.05) is 6.92 Å². The highest BCUT2D eigenvalue weighted by Gasteiger charge is 2.34. The minimum atomic E-state index is -1.03. The summed E-state index contributed by atoms with van der Waals surface area (Å²) in [5.74, 6) is -2.38. The minimum Gasteiger partial charge on any atom is -0.481 e. The van der Waals surface area contributed by atoms with Crippen molar-refractivity contribution < 1.29 is 19.1 Å². The van der Waals surface area contributed by atoms with Gasteiger partial charge in [-0.05, 0) is 30.5 Å². The van der Waals surface area contributed by atoms with Crippen LogP contribution in [0.4, 0.5) is 4.39 Å². The van der Waals surface area contributed by atoms with Gasteiger partial charge in [-0.1, -0.05) is 44.7 Å². The third kappa shape index (κ3) is 4.53. The number of nitrogens with one attached hydrogen (secondary N) is 1. The van der Waals surface area contributed by atoms with Crippen molar-refractivity contribution in [2.75, 3.05) is 6.54 Å². The molecular weight excluding hydrogens is 297 g/mol. The van der Waals surface area contributed by atoms with Crippen molar-refractivity contribution in [2.24, 2.45) is 5.41 Å². The smallest absolute Gasteiger partial charge is 0.312 e. The maximum absolute atomic E-state index is 13.0. The molecule has 0 aliphatic heterocycles. The number of aliphatic carboxylic acids is 1. The van der Waals surface area contributed by atoms with Gasteiger partial charge in [0.05, 0.1) is 5.92 Å². The van der Waals surface area contributed by atoms with Crippen molar-refractivity contribution in [3.05, 3.63) is 35.6 Å². The normalized spacial score (nSPS) is 18.7. The molecule has 0 bridgehead atoms. The predicted octanol–water partition coefficient (Wildman–Crippen LogP) is 3.47.